The Bertz CT molecular complexity index is 913. The van der Waals surface area contributed by atoms with Crippen LogP contribution in [0.3, 0.4) is 0 Å². The number of fused-ring (bicyclic) bond motifs is 1. The van der Waals surface area contributed by atoms with E-state index in [9.17, 15) is 13.2 Å². The molecular formula is C16H15ClN2O5S. The van der Waals surface area contributed by atoms with Crippen molar-refractivity contribution < 1.29 is 22.7 Å². The van der Waals surface area contributed by atoms with Crippen LogP contribution in [0, 0.1) is 0 Å². The molecule has 9 heteroatoms. The van der Waals surface area contributed by atoms with Crippen molar-refractivity contribution in [2.45, 2.75) is 11.4 Å². The second kappa shape index (κ2) is 6.91. The molecule has 25 heavy (non-hydrogen) atoms. The lowest BCUT2D eigenvalue weighted by Gasteiger charge is -2.08. The number of benzene rings is 2. The van der Waals surface area contributed by atoms with Crippen LogP contribution in [0.4, 0.5) is 0 Å². The number of ether oxygens (including phenoxy) is 2. The van der Waals surface area contributed by atoms with Crippen LogP contribution in [-0.2, 0) is 16.6 Å². The van der Waals surface area contributed by atoms with Crippen molar-refractivity contribution in [2.24, 2.45) is 0 Å². The standard InChI is InChI=1S/C16H15ClN2O5S/c1-18-25(21,22)12-4-2-10(3-5-12)8-19-16(20)11-6-13(17)15-14(7-11)23-9-24-15/h2-7,18H,8-9H2,1H3,(H,19,20). The summed E-state index contributed by atoms with van der Waals surface area (Å²) in [6.45, 7) is 0.312. The predicted molar refractivity (Wildman–Crippen MR) is 91.4 cm³/mol. The molecule has 2 N–H and O–H groups in total. The van der Waals surface area contributed by atoms with Crippen molar-refractivity contribution in [3.05, 3.63) is 52.5 Å². The molecule has 3 rings (SSSR count). The highest BCUT2D eigenvalue weighted by Crippen LogP contribution is 2.39. The maximum Gasteiger partial charge on any atom is 0.251 e. The minimum atomic E-state index is -3.48. The van der Waals surface area contributed by atoms with Gasteiger partial charge >= 0.3 is 0 Å². The number of nitrogens with one attached hydrogen (secondary N) is 2. The average Bonchev–Trinajstić information content (AvgIpc) is 3.09. The highest BCUT2D eigenvalue weighted by molar-refractivity contribution is 7.89. The molecule has 1 aliphatic rings. The molecule has 1 amide bonds. The van der Waals surface area contributed by atoms with Crippen molar-refractivity contribution in [1.82, 2.24) is 10.0 Å². The van der Waals surface area contributed by atoms with Gasteiger partial charge in [0.2, 0.25) is 16.8 Å². The fourth-order valence-electron chi connectivity index (χ4n) is 2.29. The van der Waals surface area contributed by atoms with Gasteiger partial charge in [-0.1, -0.05) is 23.7 Å². The van der Waals surface area contributed by atoms with E-state index in [0.717, 1.165) is 5.56 Å². The molecule has 0 saturated carbocycles. The molecule has 0 unspecified atom stereocenters. The number of rotatable bonds is 5. The lowest BCUT2D eigenvalue weighted by atomic mass is 10.1. The summed E-state index contributed by atoms with van der Waals surface area (Å²) in [5.41, 5.74) is 1.11. The Hall–Kier alpha value is -2.29. The first-order chi connectivity index (χ1) is 11.9. The van der Waals surface area contributed by atoms with Gasteiger partial charge in [0.1, 0.15) is 0 Å². The molecule has 0 spiro atoms. The van der Waals surface area contributed by atoms with Crippen LogP contribution in [-0.4, -0.2) is 28.2 Å². The maximum atomic E-state index is 12.3. The van der Waals surface area contributed by atoms with Crippen LogP contribution >= 0.6 is 11.6 Å². The summed E-state index contributed by atoms with van der Waals surface area (Å²) in [5.74, 6) is 0.533. The van der Waals surface area contributed by atoms with Gasteiger partial charge in [0.25, 0.3) is 5.91 Å². The van der Waals surface area contributed by atoms with E-state index in [1.54, 1.807) is 18.2 Å². The lowest BCUT2D eigenvalue weighted by Crippen LogP contribution is -2.23. The van der Waals surface area contributed by atoms with Crippen molar-refractivity contribution in [3.63, 3.8) is 0 Å². The van der Waals surface area contributed by atoms with Crippen molar-refractivity contribution in [1.29, 1.82) is 0 Å². The topological polar surface area (TPSA) is 93.7 Å². The summed E-state index contributed by atoms with van der Waals surface area (Å²) in [6.07, 6.45) is 0. The van der Waals surface area contributed by atoms with Gasteiger partial charge in [0.05, 0.1) is 9.92 Å². The molecule has 1 heterocycles. The second-order valence-corrected chi connectivity index (χ2v) is 7.52. The van der Waals surface area contributed by atoms with Gasteiger partial charge in [0, 0.05) is 12.1 Å². The Labute approximate surface area is 149 Å². The van der Waals surface area contributed by atoms with Gasteiger partial charge in [-0.2, -0.15) is 0 Å². The summed E-state index contributed by atoms with van der Waals surface area (Å²) in [6, 6.07) is 9.29. The lowest BCUT2D eigenvalue weighted by molar-refractivity contribution is 0.0950. The summed E-state index contributed by atoms with van der Waals surface area (Å²) in [4.78, 5) is 12.4. The highest BCUT2D eigenvalue weighted by Gasteiger charge is 2.20. The number of sulfonamides is 1. The first-order valence-corrected chi connectivity index (χ1v) is 9.16. The summed E-state index contributed by atoms with van der Waals surface area (Å²) >= 11 is 6.06. The SMILES string of the molecule is CNS(=O)(=O)c1ccc(CNC(=O)c2cc(Cl)c3c(c2)OCO3)cc1. The zero-order valence-corrected chi connectivity index (χ0v) is 14.8. The van der Waals surface area contributed by atoms with E-state index in [1.165, 1.54) is 25.2 Å². The molecule has 0 aromatic heterocycles. The first kappa shape index (κ1) is 17.5. The third-order valence-corrected chi connectivity index (χ3v) is 5.36. The number of hydrogen-bond donors (Lipinski definition) is 2. The van der Waals surface area contributed by atoms with Crippen LogP contribution in [0.2, 0.25) is 5.02 Å². The van der Waals surface area contributed by atoms with Crippen molar-refractivity contribution in [2.75, 3.05) is 13.8 Å². The van der Waals surface area contributed by atoms with Gasteiger partial charge in [-0.15, -0.1) is 0 Å². The molecule has 0 atom stereocenters. The molecule has 1 aliphatic heterocycles. The number of carbonyl (C=O) groups is 1. The molecule has 2 aromatic rings. The number of amides is 1. The first-order valence-electron chi connectivity index (χ1n) is 7.30. The molecule has 0 fully saturated rings. The largest absolute Gasteiger partial charge is 0.454 e. The molecule has 132 valence electrons. The fraction of sp³-hybridized carbons (Fsp3) is 0.188. The number of hydrogen-bond acceptors (Lipinski definition) is 5. The van der Waals surface area contributed by atoms with Crippen LogP contribution in [0.5, 0.6) is 11.5 Å². The van der Waals surface area contributed by atoms with E-state index in [0.29, 0.717) is 22.1 Å². The van der Waals surface area contributed by atoms with Gasteiger partial charge in [0.15, 0.2) is 11.5 Å². The van der Waals surface area contributed by atoms with E-state index < -0.39 is 10.0 Å². The Morgan fingerprint density at radius 1 is 1.20 bits per heavy atom. The van der Waals surface area contributed by atoms with E-state index in [2.05, 4.69) is 10.0 Å². The predicted octanol–water partition coefficient (Wildman–Crippen LogP) is 1.91. The smallest absolute Gasteiger partial charge is 0.251 e. The third kappa shape index (κ3) is 3.71. The molecule has 7 nitrogen and oxygen atoms in total. The minimum absolute atomic E-state index is 0.0714. The number of halogens is 1. The zero-order chi connectivity index (χ0) is 18.0. The van der Waals surface area contributed by atoms with E-state index in [-0.39, 0.29) is 24.1 Å². The summed E-state index contributed by atoms with van der Waals surface area (Å²) < 4.78 is 36.0. The molecule has 0 aliphatic carbocycles. The van der Waals surface area contributed by atoms with E-state index in [1.807, 2.05) is 0 Å². The number of carbonyl (C=O) groups excluding carboxylic acids is 1. The normalized spacial score (nSPS) is 12.9. The fourth-order valence-corrected chi connectivity index (χ4v) is 3.28. The molecule has 0 radical (unpaired) electrons. The van der Waals surface area contributed by atoms with Crippen LogP contribution in [0.15, 0.2) is 41.3 Å². The van der Waals surface area contributed by atoms with E-state index >= 15 is 0 Å². The van der Waals surface area contributed by atoms with Gasteiger partial charge in [-0.3, -0.25) is 4.79 Å². The molecule has 0 bridgehead atoms. The zero-order valence-electron chi connectivity index (χ0n) is 13.2. The Kier molecular flexibility index (Phi) is 4.85. The third-order valence-electron chi connectivity index (χ3n) is 3.64. The van der Waals surface area contributed by atoms with Crippen LogP contribution < -0.4 is 19.5 Å². The van der Waals surface area contributed by atoms with E-state index in [4.69, 9.17) is 21.1 Å². The maximum absolute atomic E-state index is 12.3. The van der Waals surface area contributed by atoms with Crippen LogP contribution in [0.25, 0.3) is 0 Å². The monoisotopic (exact) mass is 382 g/mol. The van der Waals surface area contributed by atoms with Crippen molar-refractivity contribution in [3.8, 4) is 11.5 Å². The van der Waals surface area contributed by atoms with Crippen LogP contribution in [0.1, 0.15) is 15.9 Å². The van der Waals surface area contributed by atoms with Gasteiger partial charge < -0.3 is 14.8 Å². The Morgan fingerprint density at radius 3 is 2.60 bits per heavy atom. The quantitative estimate of drug-likeness (QED) is 0.823. The molecule has 2 aromatic carbocycles. The molecule has 0 saturated heterocycles. The van der Waals surface area contributed by atoms with Crippen molar-refractivity contribution >= 4 is 27.5 Å². The Morgan fingerprint density at radius 2 is 1.92 bits per heavy atom. The Balaban J connectivity index is 1.68. The summed E-state index contributed by atoms with van der Waals surface area (Å²) in [5, 5.41) is 3.05. The summed E-state index contributed by atoms with van der Waals surface area (Å²) in [7, 11) is -2.13. The average molecular weight is 383 g/mol. The van der Waals surface area contributed by atoms with Gasteiger partial charge in [-0.25, -0.2) is 13.1 Å². The second-order valence-electron chi connectivity index (χ2n) is 5.23. The van der Waals surface area contributed by atoms with Gasteiger partial charge in [-0.05, 0) is 36.9 Å². The minimum Gasteiger partial charge on any atom is -0.454 e. The highest BCUT2D eigenvalue weighted by atomic mass is 35.5. The molecular weight excluding hydrogens is 368 g/mol.